The molecule has 24 valence electrons. The molecule has 0 aromatic rings. The molecule has 0 atom stereocenters. The zero-order valence-electron chi connectivity index (χ0n) is 3.40. The number of hydrogen-bond acceptors (Lipinski definition) is 1. The molecule has 1 nitrogen and oxygen atoms in total. The Bertz CT molecular complexity index is 20.9. The summed E-state index contributed by atoms with van der Waals surface area (Å²) in [5.74, 6) is 0. The van der Waals surface area contributed by atoms with Crippen molar-refractivity contribution in [3.63, 3.8) is 0 Å². The van der Waals surface area contributed by atoms with Gasteiger partial charge in [0.05, 0.1) is 0 Å². The van der Waals surface area contributed by atoms with Crippen molar-refractivity contribution in [2.75, 3.05) is 6.61 Å². The molecule has 0 bridgehead atoms. The van der Waals surface area contributed by atoms with Gasteiger partial charge >= 0.3 is 68.9 Å². The molecule has 0 saturated carbocycles. The van der Waals surface area contributed by atoms with E-state index in [0.717, 1.165) is 0 Å². The summed E-state index contributed by atoms with van der Waals surface area (Å²) in [6.45, 7) is 3.00. The Balaban J connectivity index is 0. The molecule has 0 N–H and O–H groups in total. The SMILES string of the molecule is C=CC[O-].[Cs+]. The van der Waals surface area contributed by atoms with Gasteiger partial charge in [-0.15, -0.1) is 19.3 Å². The van der Waals surface area contributed by atoms with Gasteiger partial charge in [0, 0.05) is 0 Å². The van der Waals surface area contributed by atoms with Crippen molar-refractivity contribution in [3.8, 4) is 0 Å². The van der Waals surface area contributed by atoms with Crippen molar-refractivity contribution in [1.82, 2.24) is 0 Å². The minimum Gasteiger partial charge on any atom is -0.851 e. The third-order valence-corrected chi connectivity index (χ3v) is 0.118. The van der Waals surface area contributed by atoms with Gasteiger partial charge in [0.1, 0.15) is 0 Å². The van der Waals surface area contributed by atoms with Gasteiger partial charge in [-0.2, -0.15) is 0 Å². The molecule has 0 amide bonds. The minimum atomic E-state index is -0.167. The molecule has 5 heavy (non-hydrogen) atoms. The smallest absolute Gasteiger partial charge is 0.851 e. The molecular weight excluding hydrogens is 185 g/mol. The summed E-state index contributed by atoms with van der Waals surface area (Å²) in [6.07, 6.45) is 1.32. The van der Waals surface area contributed by atoms with Crippen molar-refractivity contribution in [2.45, 2.75) is 0 Å². The molecule has 0 aliphatic carbocycles. The molecule has 0 fully saturated rings. The minimum absolute atomic E-state index is 0. The monoisotopic (exact) mass is 190 g/mol. The van der Waals surface area contributed by atoms with Gasteiger partial charge in [-0.05, 0) is 0 Å². The number of hydrogen-bond donors (Lipinski definition) is 0. The summed E-state index contributed by atoms with van der Waals surface area (Å²) in [5, 5.41) is 9.18. The average molecular weight is 190 g/mol. The van der Waals surface area contributed by atoms with Crippen molar-refractivity contribution < 1.29 is 74.0 Å². The molecule has 0 aromatic carbocycles. The second kappa shape index (κ2) is 9.23. The Kier molecular flexibility index (Phi) is 18.3. The first-order valence-corrected chi connectivity index (χ1v) is 1.11. The molecule has 0 rings (SSSR count). The molecule has 2 heteroatoms. The van der Waals surface area contributed by atoms with Gasteiger partial charge in [-0.3, -0.25) is 0 Å². The molecule has 0 aromatic heterocycles. The van der Waals surface area contributed by atoms with E-state index in [1.54, 1.807) is 0 Å². The van der Waals surface area contributed by atoms with Gasteiger partial charge in [-0.1, -0.05) is 0 Å². The molecule has 0 heterocycles. The predicted molar refractivity (Wildman–Crippen MR) is 15.1 cm³/mol. The predicted octanol–water partition coefficient (Wildman–Crippen LogP) is -3.46. The van der Waals surface area contributed by atoms with E-state index in [-0.39, 0.29) is 75.5 Å². The van der Waals surface area contributed by atoms with Crippen LogP contribution in [0.15, 0.2) is 12.7 Å². The van der Waals surface area contributed by atoms with Crippen molar-refractivity contribution in [1.29, 1.82) is 0 Å². The van der Waals surface area contributed by atoms with Crippen LogP contribution in [-0.2, 0) is 0 Å². The zero-order valence-corrected chi connectivity index (χ0v) is 9.68. The molecule has 0 aliphatic heterocycles. The summed E-state index contributed by atoms with van der Waals surface area (Å²) in [4.78, 5) is 0. The number of rotatable bonds is 1. The zero-order chi connectivity index (χ0) is 3.41. The van der Waals surface area contributed by atoms with E-state index >= 15 is 0 Å². The average Bonchev–Trinajstić information content (AvgIpc) is 1.37. The second-order valence-corrected chi connectivity index (χ2v) is 0.455. The molecule has 0 unspecified atom stereocenters. The Hall–Kier alpha value is 1.75. The van der Waals surface area contributed by atoms with Crippen molar-refractivity contribution in [2.24, 2.45) is 0 Å². The van der Waals surface area contributed by atoms with Crippen LogP contribution in [0.25, 0.3) is 0 Å². The van der Waals surface area contributed by atoms with Gasteiger partial charge in [0.25, 0.3) is 0 Å². The fourth-order valence-corrected chi connectivity index (χ4v) is 0. The summed E-state index contributed by atoms with van der Waals surface area (Å²) in [5.41, 5.74) is 0. The maximum absolute atomic E-state index is 9.18. The Labute approximate surface area is 90.9 Å². The second-order valence-electron chi connectivity index (χ2n) is 0.455. The maximum Gasteiger partial charge on any atom is 1.00 e. The first-order chi connectivity index (χ1) is 1.91. The Morgan fingerprint density at radius 2 is 2.00 bits per heavy atom. The van der Waals surface area contributed by atoms with Gasteiger partial charge < -0.3 is 5.11 Å². The van der Waals surface area contributed by atoms with Crippen molar-refractivity contribution in [3.05, 3.63) is 12.7 Å². The molecular formula is C3H5CsO. The van der Waals surface area contributed by atoms with E-state index in [1.807, 2.05) is 0 Å². The summed E-state index contributed by atoms with van der Waals surface area (Å²) < 4.78 is 0. The fraction of sp³-hybridized carbons (Fsp3) is 0.333. The van der Waals surface area contributed by atoms with Crippen LogP contribution in [0, 0.1) is 0 Å². The van der Waals surface area contributed by atoms with Crippen LogP contribution in [0.5, 0.6) is 0 Å². The van der Waals surface area contributed by atoms with E-state index < -0.39 is 0 Å². The molecule has 0 spiro atoms. The van der Waals surface area contributed by atoms with Gasteiger partial charge in [0.15, 0.2) is 0 Å². The van der Waals surface area contributed by atoms with E-state index in [4.69, 9.17) is 0 Å². The quantitative estimate of drug-likeness (QED) is 0.394. The normalized spacial score (nSPS) is 5.00. The Morgan fingerprint density at radius 1 is 1.80 bits per heavy atom. The topological polar surface area (TPSA) is 23.1 Å². The van der Waals surface area contributed by atoms with Gasteiger partial charge in [0.2, 0.25) is 0 Å². The van der Waals surface area contributed by atoms with Crippen LogP contribution >= 0.6 is 0 Å². The Morgan fingerprint density at radius 3 is 2.00 bits per heavy atom. The van der Waals surface area contributed by atoms with Crippen LogP contribution in [0.4, 0.5) is 0 Å². The summed E-state index contributed by atoms with van der Waals surface area (Å²) >= 11 is 0. The van der Waals surface area contributed by atoms with Crippen LogP contribution in [0.2, 0.25) is 0 Å². The molecule has 0 saturated heterocycles. The molecule has 0 radical (unpaired) electrons. The fourth-order valence-electron chi connectivity index (χ4n) is 0. The first-order valence-electron chi connectivity index (χ1n) is 1.11. The van der Waals surface area contributed by atoms with Crippen LogP contribution in [-0.4, -0.2) is 6.61 Å². The van der Waals surface area contributed by atoms with Crippen LogP contribution in [0.1, 0.15) is 0 Å². The summed E-state index contributed by atoms with van der Waals surface area (Å²) in [6, 6.07) is 0. The molecule has 0 aliphatic rings. The first kappa shape index (κ1) is 9.89. The van der Waals surface area contributed by atoms with E-state index in [1.165, 1.54) is 6.08 Å². The van der Waals surface area contributed by atoms with E-state index in [2.05, 4.69) is 6.58 Å². The third kappa shape index (κ3) is 10.7. The van der Waals surface area contributed by atoms with Crippen LogP contribution in [0.3, 0.4) is 0 Å². The van der Waals surface area contributed by atoms with Gasteiger partial charge in [-0.25, -0.2) is 0 Å². The van der Waals surface area contributed by atoms with Crippen LogP contribution < -0.4 is 74.0 Å². The van der Waals surface area contributed by atoms with Crippen molar-refractivity contribution >= 4 is 0 Å². The summed E-state index contributed by atoms with van der Waals surface area (Å²) in [7, 11) is 0. The van der Waals surface area contributed by atoms with E-state index in [9.17, 15) is 5.11 Å². The van der Waals surface area contributed by atoms with E-state index in [0.29, 0.717) is 0 Å². The third-order valence-electron chi connectivity index (χ3n) is 0.118. The maximum atomic E-state index is 9.18. The largest absolute Gasteiger partial charge is 1.00 e. The standard InChI is InChI=1S/C3H5O.Cs/c1-2-3-4;/h2H,1,3H2;/q-1;+1.